The number of carbonyl (C=O) groups is 1. The Bertz CT molecular complexity index is 431. The lowest BCUT2D eigenvalue weighted by Crippen LogP contribution is -2.32. The van der Waals surface area contributed by atoms with E-state index in [2.05, 4.69) is 33.4 Å². The minimum Gasteiger partial charge on any atom is -0.349 e. The smallest absolute Gasteiger partial charge is 0.222 e. The molecule has 0 heterocycles. The maximum absolute atomic E-state index is 11.7. The highest BCUT2D eigenvalue weighted by Gasteiger charge is 2.23. The van der Waals surface area contributed by atoms with Crippen LogP contribution in [-0.4, -0.2) is 11.9 Å². The van der Waals surface area contributed by atoms with Gasteiger partial charge < -0.3 is 11.1 Å². The maximum atomic E-state index is 11.7. The summed E-state index contributed by atoms with van der Waals surface area (Å²) in [5.41, 5.74) is 8.18. The molecule has 0 aromatic heterocycles. The summed E-state index contributed by atoms with van der Waals surface area (Å²) in [6.45, 7) is 1.85. The third-order valence-electron chi connectivity index (χ3n) is 3.03. The van der Waals surface area contributed by atoms with Crippen LogP contribution in [0.5, 0.6) is 0 Å². The number of rotatable bonds is 3. The first-order valence-corrected chi connectivity index (χ1v) is 6.69. The van der Waals surface area contributed by atoms with E-state index in [1.165, 1.54) is 11.1 Å². The third kappa shape index (κ3) is 3.07. The average Bonchev–Trinajstić information content (AvgIpc) is 2.59. The lowest BCUT2D eigenvalue weighted by molar-refractivity contribution is -0.122. The Hall–Kier alpha value is -0.870. The predicted molar refractivity (Wildman–Crippen MR) is 71.6 cm³/mol. The lowest BCUT2D eigenvalue weighted by Gasteiger charge is -2.15. The van der Waals surface area contributed by atoms with Gasteiger partial charge in [-0.1, -0.05) is 22.0 Å². The molecule has 1 aliphatic carbocycles. The largest absolute Gasteiger partial charge is 0.349 e. The highest BCUT2D eigenvalue weighted by Crippen LogP contribution is 2.32. The molecule has 4 heteroatoms. The molecular weight excluding hydrogens is 280 g/mol. The van der Waals surface area contributed by atoms with Crippen molar-refractivity contribution >= 4 is 21.8 Å². The minimum absolute atomic E-state index is 0.0424. The second-order valence-corrected chi connectivity index (χ2v) is 5.60. The monoisotopic (exact) mass is 296 g/mol. The van der Waals surface area contributed by atoms with E-state index in [1.54, 1.807) is 0 Å². The summed E-state index contributed by atoms with van der Waals surface area (Å²) in [6.07, 6.45) is 2.40. The molecule has 17 heavy (non-hydrogen) atoms. The summed E-state index contributed by atoms with van der Waals surface area (Å²) >= 11 is 3.46. The summed E-state index contributed by atoms with van der Waals surface area (Å²) in [7, 11) is 0. The molecule has 1 aromatic rings. The number of halogens is 1. The van der Waals surface area contributed by atoms with Gasteiger partial charge in [0, 0.05) is 16.9 Å². The fourth-order valence-corrected chi connectivity index (χ4v) is 2.69. The van der Waals surface area contributed by atoms with Crippen LogP contribution in [0.1, 0.15) is 36.9 Å². The summed E-state index contributed by atoms with van der Waals surface area (Å²) < 4.78 is 1.10. The molecule has 1 amide bonds. The van der Waals surface area contributed by atoms with Crippen LogP contribution in [0.2, 0.25) is 0 Å². The first-order valence-electron chi connectivity index (χ1n) is 5.89. The van der Waals surface area contributed by atoms with Crippen molar-refractivity contribution in [2.24, 2.45) is 5.73 Å². The molecule has 92 valence electrons. The van der Waals surface area contributed by atoms with Gasteiger partial charge in [0.25, 0.3) is 0 Å². The van der Waals surface area contributed by atoms with E-state index in [0.29, 0.717) is 6.42 Å². The van der Waals surface area contributed by atoms with Gasteiger partial charge in [-0.3, -0.25) is 4.79 Å². The standard InChI is InChI=1S/C13H17BrN2O/c1-8(15)6-13(17)16-12-5-2-9-7-10(14)3-4-11(9)12/h3-4,7-8,12H,2,5-6,15H2,1H3,(H,16,17). The van der Waals surface area contributed by atoms with E-state index in [0.717, 1.165) is 17.3 Å². The van der Waals surface area contributed by atoms with Gasteiger partial charge in [-0.05, 0) is 43.0 Å². The normalized spacial score (nSPS) is 19.8. The SMILES string of the molecule is CC(N)CC(=O)NC1CCc2cc(Br)ccc21. The molecule has 0 saturated carbocycles. The summed E-state index contributed by atoms with van der Waals surface area (Å²) in [5.74, 6) is 0.0424. The molecule has 0 aliphatic heterocycles. The Morgan fingerprint density at radius 1 is 1.65 bits per heavy atom. The summed E-state index contributed by atoms with van der Waals surface area (Å²) in [4.78, 5) is 11.7. The molecule has 1 aliphatic rings. The molecule has 2 atom stereocenters. The van der Waals surface area contributed by atoms with Crippen LogP contribution in [0.4, 0.5) is 0 Å². The van der Waals surface area contributed by atoms with Crippen molar-refractivity contribution in [2.75, 3.05) is 0 Å². The van der Waals surface area contributed by atoms with Crippen LogP contribution in [0, 0.1) is 0 Å². The number of benzene rings is 1. The number of hydrogen-bond donors (Lipinski definition) is 2. The average molecular weight is 297 g/mol. The molecule has 3 nitrogen and oxygen atoms in total. The molecule has 2 rings (SSSR count). The van der Waals surface area contributed by atoms with Gasteiger partial charge in [0.1, 0.15) is 0 Å². The maximum Gasteiger partial charge on any atom is 0.222 e. The van der Waals surface area contributed by atoms with Gasteiger partial charge >= 0.3 is 0 Å². The van der Waals surface area contributed by atoms with Gasteiger partial charge in [0.05, 0.1) is 6.04 Å². The van der Waals surface area contributed by atoms with Crippen LogP contribution in [0.15, 0.2) is 22.7 Å². The first-order chi connectivity index (χ1) is 8.06. The Morgan fingerprint density at radius 2 is 2.41 bits per heavy atom. The van der Waals surface area contributed by atoms with Crippen LogP contribution in [-0.2, 0) is 11.2 Å². The molecule has 1 aromatic carbocycles. The molecular formula is C13H17BrN2O. The van der Waals surface area contributed by atoms with E-state index in [4.69, 9.17) is 5.73 Å². The predicted octanol–water partition coefficient (Wildman–Crippen LogP) is 2.29. The van der Waals surface area contributed by atoms with Crippen molar-refractivity contribution in [2.45, 2.75) is 38.3 Å². The number of aryl methyl sites for hydroxylation is 1. The second-order valence-electron chi connectivity index (χ2n) is 4.68. The topological polar surface area (TPSA) is 55.1 Å². The first kappa shape index (κ1) is 12.6. The Labute approximate surface area is 110 Å². The zero-order valence-electron chi connectivity index (χ0n) is 9.87. The van der Waals surface area contributed by atoms with Gasteiger partial charge in [-0.15, -0.1) is 0 Å². The Kier molecular flexibility index (Phi) is 3.84. The Balaban J connectivity index is 2.05. The van der Waals surface area contributed by atoms with Gasteiger partial charge in [-0.25, -0.2) is 0 Å². The van der Waals surface area contributed by atoms with Crippen LogP contribution in [0.3, 0.4) is 0 Å². The molecule has 0 radical (unpaired) electrons. The van der Waals surface area contributed by atoms with Crippen molar-refractivity contribution in [3.05, 3.63) is 33.8 Å². The van der Waals surface area contributed by atoms with Crippen molar-refractivity contribution in [1.29, 1.82) is 0 Å². The number of hydrogen-bond acceptors (Lipinski definition) is 2. The highest BCUT2D eigenvalue weighted by molar-refractivity contribution is 9.10. The second kappa shape index (κ2) is 5.19. The van der Waals surface area contributed by atoms with E-state index in [1.807, 2.05) is 13.0 Å². The number of amides is 1. The van der Waals surface area contributed by atoms with Crippen LogP contribution < -0.4 is 11.1 Å². The van der Waals surface area contributed by atoms with Gasteiger partial charge in [-0.2, -0.15) is 0 Å². The zero-order chi connectivity index (χ0) is 12.4. The van der Waals surface area contributed by atoms with E-state index in [-0.39, 0.29) is 18.0 Å². The van der Waals surface area contributed by atoms with Gasteiger partial charge in [0.2, 0.25) is 5.91 Å². The van der Waals surface area contributed by atoms with Crippen molar-refractivity contribution in [3.8, 4) is 0 Å². The van der Waals surface area contributed by atoms with Gasteiger partial charge in [0.15, 0.2) is 0 Å². The van der Waals surface area contributed by atoms with Crippen molar-refractivity contribution in [1.82, 2.24) is 5.32 Å². The molecule has 2 unspecified atom stereocenters. The summed E-state index contributed by atoms with van der Waals surface area (Å²) in [5, 5.41) is 3.05. The van der Waals surface area contributed by atoms with Crippen molar-refractivity contribution < 1.29 is 4.79 Å². The lowest BCUT2D eigenvalue weighted by atomic mass is 10.1. The van der Waals surface area contributed by atoms with E-state index < -0.39 is 0 Å². The molecule has 0 bridgehead atoms. The number of fused-ring (bicyclic) bond motifs is 1. The third-order valence-corrected chi connectivity index (χ3v) is 3.52. The molecule has 0 saturated heterocycles. The zero-order valence-corrected chi connectivity index (χ0v) is 11.5. The van der Waals surface area contributed by atoms with Crippen LogP contribution in [0.25, 0.3) is 0 Å². The number of nitrogens with two attached hydrogens (primary N) is 1. The molecule has 0 spiro atoms. The van der Waals surface area contributed by atoms with E-state index in [9.17, 15) is 4.79 Å². The quantitative estimate of drug-likeness (QED) is 0.899. The molecule has 0 fully saturated rings. The number of nitrogens with one attached hydrogen (secondary N) is 1. The molecule has 3 N–H and O–H groups in total. The van der Waals surface area contributed by atoms with Crippen molar-refractivity contribution in [3.63, 3.8) is 0 Å². The van der Waals surface area contributed by atoms with E-state index >= 15 is 0 Å². The highest BCUT2D eigenvalue weighted by atomic mass is 79.9. The Morgan fingerprint density at radius 3 is 3.12 bits per heavy atom. The fraction of sp³-hybridized carbons (Fsp3) is 0.462. The summed E-state index contributed by atoms with van der Waals surface area (Å²) in [6, 6.07) is 6.32. The fourth-order valence-electron chi connectivity index (χ4n) is 2.28. The van der Waals surface area contributed by atoms with Crippen LogP contribution >= 0.6 is 15.9 Å². The number of carbonyl (C=O) groups excluding carboxylic acids is 1. The minimum atomic E-state index is -0.0826.